The topological polar surface area (TPSA) is 61.4 Å². The fourth-order valence-electron chi connectivity index (χ4n) is 3.83. The van der Waals surface area contributed by atoms with Crippen molar-refractivity contribution in [2.75, 3.05) is 26.2 Å². The molecule has 0 radical (unpaired) electrons. The fourth-order valence-corrected chi connectivity index (χ4v) is 3.83. The van der Waals surface area contributed by atoms with E-state index in [0.29, 0.717) is 38.5 Å². The number of nitrogens with zero attached hydrogens (tertiary/aromatic N) is 1. The van der Waals surface area contributed by atoms with E-state index in [4.69, 9.17) is 0 Å². The average Bonchev–Trinajstić information content (AvgIpc) is 3.05. The van der Waals surface area contributed by atoms with E-state index in [1.165, 1.54) is 25.0 Å². The summed E-state index contributed by atoms with van der Waals surface area (Å²) < 4.78 is 13.2. The van der Waals surface area contributed by atoms with E-state index in [9.17, 15) is 14.0 Å². The van der Waals surface area contributed by atoms with E-state index in [0.717, 1.165) is 18.4 Å². The van der Waals surface area contributed by atoms with Crippen molar-refractivity contribution in [3.05, 3.63) is 35.6 Å². The highest BCUT2D eigenvalue weighted by atomic mass is 19.1. The van der Waals surface area contributed by atoms with Crippen LogP contribution >= 0.6 is 0 Å². The predicted molar refractivity (Wildman–Crippen MR) is 93.3 cm³/mol. The molecule has 1 unspecified atom stereocenters. The molecule has 1 saturated heterocycles. The summed E-state index contributed by atoms with van der Waals surface area (Å²) in [6.07, 6.45) is 4.96. The molecule has 1 aromatic carbocycles. The lowest BCUT2D eigenvalue weighted by molar-refractivity contribution is -0.124. The number of hydrogen-bond acceptors (Lipinski definition) is 3. The van der Waals surface area contributed by atoms with Crippen LogP contribution in [0.25, 0.3) is 0 Å². The molecule has 1 aliphatic heterocycles. The van der Waals surface area contributed by atoms with Crippen LogP contribution in [-0.4, -0.2) is 42.9 Å². The van der Waals surface area contributed by atoms with Crippen LogP contribution in [0.1, 0.15) is 43.7 Å². The molecular weight excluding hydrogens is 321 g/mol. The Kier molecular flexibility index (Phi) is 6.02. The molecule has 1 aromatic rings. The van der Waals surface area contributed by atoms with Gasteiger partial charge in [-0.2, -0.15) is 0 Å². The van der Waals surface area contributed by atoms with E-state index < -0.39 is 0 Å². The lowest BCUT2D eigenvalue weighted by Crippen LogP contribution is -2.41. The molecule has 0 aromatic heterocycles. The van der Waals surface area contributed by atoms with Crippen LogP contribution in [-0.2, 0) is 9.59 Å². The van der Waals surface area contributed by atoms with Crippen molar-refractivity contribution in [3.8, 4) is 0 Å². The Bertz CT molecular complexity index is 599. The molecule has 2 N–H and O–H groups in total. The Labute approximate surface area is 148 Å². The summed E-state index contributed by atoms with van der Waals surface area (Å²) in [6.45, 7) is 2.16. The minimum atomic E-state index is -0.262. The molecule has 2 amide bonds. The first-order chi connectivity index (χ1) is 12.1. The summed E-state index contributed by atoms with van der Waals surface area (Å²) in [7, 11) is 0. The van der Waals surface area contributed by atoms with Crippen LogP contribution < -0.4 is 10.6 Å². The zero-order valence-electron chi connectivity index (χ0n) is 14.5. The normalized spacial score (nSPS) is 20.8. The first-order valence-corrected chi connectivity index (χ1v) is 9.16. The highest BCUT2D eigenvalue weighted by Gasteiger charge is 2.28. The van der Waals surface area contributed by atoms with Crippen molar-refractivity contribution < 1.29 is 14.0 Å². The second-order valence-electron chi connectivity index (χ2n) is 7.02. The monoisotopic (exact) mass is 347 g/mol. The van der Waals surface area contributed by atoms with Gasteiger partial charge >= 0.3 is 0 Å². The number of carbonyl (C=O) groups is 2. The van der Waals surface area contributed by atoms with E-state index in [1.807, 2.05) is 4.90 Å². The van der Waals surface area contributed by atoms with Gasteiger partial charge in [0, 0.05) is 26.1 Å². The van der Waals surface area contributed by atoms with Crippen molar-refractivity contribution in [1.29, 1.82) is 0 Å². The number of hydrogen-bond donors (Lipinski definition) is 2. The minimum absolute atomic E-state index is 0.0319. The summed E-state index contributed by atoms with van der Waals surface area (Å²) in [5.41, 5.74) is 0.967. The highest BCUT2D eigenvalue weighted by Crippen LogP contribution is 2.35. The summed E-state index contributed by atoms with van der Waals surface area (Å²) >= 11 is 0. The lowest BCUT2D eigenvalue weighted by Gasteiger charge is -2.27. The Morgan fingerprint density at radius 1 is 1.24 bits per heavy atom. The fraction of sp³-hybridized carbons (Fsp3) is 0.579. The molecule has 136 valence electrons. The zero-order valence-corrected chi connectivity index (χ0v) is 14.5. The van der Waals surface area contributed by atoms with Crippen molar-refractivity contribution in [2.24, 2.45) is 5.92 Å². The largest absolute Gasteiger partial charge is 0.355 e. The van der Waals surface area contributed by atoms with Gasteiger partial charge in [0.1, 0.15) is 5.82 Å². The molecular formula is C19H26FN3O2. The van der Waals surface area contributed by atoms with Crippen LogP contribution in [0.15, 0.2) is 24.3 Å². The molecule has 0 spiro atoms. The quantitative estimate of drug-likeness (QED) is 0.856. The second-order valence-corrected chi connectivity index (χ2v) is 7.02. The van der Waals surface area contributed by atoms with E-state index >= 15 is 0 Å². The zero-order chi connectivity index (χ0) is 17.6. The minimum Gasteiger partial charge on any atom is -0.355 e. The van der Waals surface area contributed by atoms with Crippen molar-refractivity contribution in [3.63, 3.8) is 0 Å². The van der Waals surface area contributed by atoms with Gasteiger partial charge in [0.15, 0.2) is 0 Å². The smallest absolute Gasteiger partial charge is 0.234 e. The second kappa shape index (κ2) is 8.43. The van der Waals surface area contributed by atoms with Crippen LogP contribution in [0.2, 0.25) is 0 Å². The van der Waals surface area contributed by atoms with Crippen LogP contribution in [0, 0.1) is 11.7 Å². The molecule has 2 fully saturated rings. The predicted octanol–water partition coefficient (Wildman–Crippen LogP) is 2.00. The van der Waals surface area contributed by atoms with Gasteiger partial charge in [-0.1, -0.05) is 25.0 Å². The first-order valence-electron chi connectivity index (χ1n) is 9.16. The third-order valence-corrected chi connectivity index (χ3v) is 5.19. The molecule has 1 atom stereocenters. The molecule has 3 rings (SSSR count). The summed E-state index contributed by atoms with van der Waals surface area (Å²) in [5.74, 6) is 0.150. The SMILES string of the molecule is O=C1CCN(CC(=O)NC(c2ccc(F)cc2)C2CCCC2)CCN1. The Morgan fingerprint density at radius 2 is 1.96 bits per heavy atom. The molecule has 2 aliphatic rings. The van der Waals surface area contributed by atoms with Gasteiger partial charge < -0.3 is 10.6 Å². The molecule has 5 nitrogen and oxygen atoms in total. The van der Waals surface area contributed by atoms with E-state index in [2.05, 4.69) is 10.6 Å². The van der Waals surface area contributed by atoms with Crippen molar-refractivity contribution >= 4 is 11.8 Å². The maximum Gasteiger partial charge on any atom is 0.234 e. The van der Waals surface area contributed by atoms with Gasteiger partial charge in [0.05, 0.1) is 12.6 Å². The van der Waals surface area contributed by atoms with Gasteiger partial charge in [-0.25, -0.2) is 4.39 Å². The Morgan fingerprint density at radius 3 is 2.68 bits per heavy atom. The number of nitrogens with one attached hydrogen (secondary N) is 2. The average molecular weight is 347 g/mol. The molecule has 1 heterocycles. The first kappa shape index (κ1) is 17.9. The van der Waals surface area contributed by atoms with Crippen LogP contribution in [0.3, 0.4) is 0 Å². The molecule has 6 heteroatoms. The van der Waals surface area contributed by atoms with Gasteiger partial charge in [-0.15, -0.1) is 0 Å². The van der Waals surface area contributed by atoms with Crippen molar-refractivity contribution in [2.45, 2.75) is 38.1 Å². The maximum atomic E-state index is 13.2. The number of halogens is 1. The van der Waals surface area contributed by atoms with E-state index in [1.54, 1.807) is 12.1 Å². The Hall–Kier alpha value is -1.95. The van der Waals surface area contributed by atoms with Crippen LogP contribution in [0.5, 0.6) is 0 Å². The third-order valence-electron chi connectivity index (χ3n) is 5.19. The maximum absolute atomic E-state index is 13.2. The van der Waals surface area contributed by atoms with Gasteiger partial charge in [-0.3, -0.25) is 14.5 Å². The summed E-state index contributed by atoms with van der Waals surface area (Å²) in [6, 6.07) is 6.38. The number of benzene rings is 1. The summed E-state index contributed by atoms with van der Waals surface area (Å²) in [5, 5.41) is 5.98. The third kappa shape index (κ3) is 5.01. The number of amides is 2. The van der Waals surface area contributed by atoms with Crippen LogP contribution in [0.4, 0.5) is 4.39 Å². The molecule has 1 saturated carbocycles. The molecule has 25 heavy (non-hydrogen) atoms. The van der Waals surface area contributed by atoms with E-state index in [-0.39, 0.29) is 23.7 Å². The van der Waals surface area contributed by atoms with Gasteiger partial charge in [0.2, 0.25) is 11.8 Å². The summed E-state index contributed by atoms with van der Waals surface area (Å²) in [4.78, 5) is 26.0. The lowest BCUT2D eigenvalue weighted by atomic mass is 9.91. The van der Waals surface area contributed by atoms with Gasteiger partial charge in [0.25, 0.3) is 0 Å². The van der Waals surface area contributed by atoms with Gasteiger partial charge in [-0.05, 0) is 36.5 Å². The number of carbonyl (C=O) groups excluding carboxylic acids is 2. The molecule has 1 aliphatic carbocycles. The molecule has 0 bridgehead atoms. The number of rotatable bonds is 5. The highest BCUT2D eigenvalue weighted by molar-refractivity contribution is 5.79. The Balaban J connectivity index is 1.63. The standard InChI is InChI=1S/C19H26FN3O2/c20-16-7-5-15(6-8-16)19(14-3-1-2-4-14)22-18(25)13-23-11-9-17(24)21-10-12-23/h5-8,14,19H,1-4,9-13H2,(H,21,24)(H,22,25). The van der Waals surface area contributed by atoms with Crippen molar-refractivity contribution in [1.82, 2.24) is 15.5 Å².